The van der Waals surface area contributed by atoms with Gasteiger partial charge in [-0.15, -0.1) is 0 Å². The minimum atomic E-state index is -0.508. The zero-order valence-electron chi connectivity index (χ0n) is 15.4. The number of ether oxygens (including phenoxy) is 1. The number of benzene rings is 1. The summed E-state index contributed by atoms with van der Waals surface area (Å²) in [5, 5.41) is 0.769. The number of esters is 1. The van der Waals surface area contributed by atoms with E-state index in [2.05, 4.69) is 0 Å². The molecule has 27 heavy (non-hydrogen) atoms. The highest BCUT2D eigenvalue weighted by Gasteiger charge is 2.28. The molecular weight excluding hydrogens is 344 g/mol. The lowest BCUT2D eigenvalue weighted by Gasteiger charge is -2.20. The summed E-state index contributed by atoms with van der Waals surface area (Å²) in [7, 11) is 0. The fourth-order valence-corrected chi connectivity index (χ4v) is 3.96. The van der Waals surface area contributed by atoms with Crippen molar-refractivity contribution in [3.63, 3.8) is 0 Å². The lowest BCUT2D eigenvalue weighted by molar-refractivity contribution is -0.143. The zero-order valence-corrected chi connectivity index (χ0v) is 15.4. The van der Waals surface area contributed by atoms with Gasteiger partial charge in [-0.1, -0.05) is 11.6 Å². The Hall–Kier alpha value is -2.76. The first-order valence-electron chi connectivity index (χ1n) is 9.47. The second kappa shape index (κ2) is 7.10. The summed E-state index contributed by atoms with van der Waals surface area (Å²) in [6.45, 7) is 1.97. The van der Waals surface area contributed by atoms with E-state index in [1.807, 2.05) is 25.1 Å². The molecule has 4 rings (SSSR count). The molecule has 2 heterocycles. The topological polar surface area (TPSA) is 76.6 Å². The van der Waals surface area contributed by atoms with E-state index >= 15 is 0 Å². The Morgan fingerprint density at radius 3 is 2.74 bits per heavy atom. The number of likely N-dealkylation sites (tertiary alicyclic amines) is 1. The number of pyridine rings is 1. The molecule has 1 fully saturated rings. The molecule has 2 amide bonds. The van der Waals surface area contributed by atoms with Crippen LogP contribution in [0.25, 0.3) is 10.9 Å². The molecular formula is C21H22N2O4. The molecule has 1 saturated heterocycles. The number of rotatable bonds is 3. The molecule has 2 aliphatic rings. The van der Waals surface area contributed by atoms with Crippen LogP contribution >= 0.6 is 0 Å². The molecule has 0 unspecified atom stereocenters. The van der Waals surface area contributed by atoms with Crippen molar-refractivity contribution >= 4 is 28.7 Å². The second-order valence-corrected chi connectivity index (χ2v) is 7.26. The van der Waals surface area contributed by atoms with Crippen LogP contribution in [-0.2, 0) is 27.2 Å². The van der Waals surface area contributed by atoms with Crippen LogP contribution in [-0.4, -0.2) is 40.8 Å². The van der Waals surface area contributed by atoms with E-state index in [4.69, 9.17) is 9.72 Å². The predicted octanol–water partition coefficient (Wildman–Crippen LogP) is 2.73. The van der Waals surface area contributed by atoms with Crippen molar-refractivity contribution in [1.82, 2.24) is 9.88 Å². The largest absolute Gasteiger partial charge is 0.452 e. The van der Waals surface area contributed by atoms with Crippen molar-refractivity contribution in [2.24, 2.45) is 0 Å². The molecule has 0 bridgehead atoms. The Morgan fingerprint density at radius 1 is 1.15 bits per heavy atom. The highest BCUT2D eigenvalue weighted by atomic mass is 16.5. The van der Waals surface area contributed by atoms with Crippen LogP contribution in [0.4, 0.5) is 0 Å². The van der Waals surface area contributed by atoms with Crippen molar-refractivity contribution in [2.45, 2.75) is 45.4 Å². The van der Waals surface area contributed by atoms with Crippen LogP contribution in [0.5, 0.6) is 0 Å². The van der Waals surface area contributed by atoms with E-state index in [9.17, 15) is 14.4 Å². The lowest BCUT2D eigenvalue weighted by atomic mass is 9.89. The van der Waals surface area contributed by atoms with Crippen LogP contribution in [0.3, 0.4) is 0 Å². The summed E-state index contributed by atoms with van der Waals surface area (Å²) in [5.74, 6) is -1.15. The Labute approximate surface area is 157 Å². The molecule has 2 aromatic rings. The predicted molar refractivity (Wildman–Crippen MR) is 99.4 cm³/mol. The maximum absolute atomic E-state index is 12.9. The van der Waals surface area contributed by atoms with E-state index in [-0.39, 0.29) is 5.91 Å². The molecule has 6 heteroatoms. The number of amides is 2. The van der Waals surface area contributed by atoms with Crippen LogP contribution in [0, 0.1) is 6.92 Å². The van der Waals surface area contributed by atoms with Crippen LogP contribution < -0.4 is 0 Å². The fourth-order valence-electron chi connectivity index (χ4n) is 3.96. The highest BCUT2D eigenvalue weighted by Crippen LogP contribution is 2.30. The summed E-state index contributed by atoms with van der Waals surface area (Å²) in [5.41, 5.74) is 4.22. The number of imide groups is 1. The fraction of sp³-hybridized carbons (Fsp3) is 0.429. The molecule has 6 nitrogen and oxygen atoms in total. The lowest BCUT2D eigenvalue weighted by Crippen LogP contribution is -2.35. The molecule has 1 aromatic carbocycles. The molecule has 1 aliphatic carbocycles. The van der Waals surface area contributed by atoms with Crippen LogP contribution in [0.15, 0.2) is 18.2 Å². The number of carbonyl (C=O) groups is 3. The third-order valence-corrected chi connectivity index (χ3v) is 5.32. The van der Waals surface area contributed by atoms with Gasteiger partial charge in [0.2, 0.25) is 5.91 Å². The van der Waals surface area contributed by atoms with Crippen molar-refractivity contribution in [2.75, 3.05) is 13.2 Å². The maximum atomic E-state index is 12.9. The normalized spacial score (nSPS) is 16.5. The number of aryl methyl sites for hydroxylation is 2. The average molecular weight is 366 g/mol. The zero-order chi connectivity index (χ0) is 19.0. The first-order valence-corrected chi connectivity index (χ1v) is 9.47. The third kappa shape index (κ3) is 3.31. The number of carbonyl (C=O) groups excluding carboxylic acids is 3. The van der Waals surface area contributed by atoms with Gasteiger partial charge in [0.15, 0.2) is 6.61 Å². The summed E-state index contributed by atoms with van der Waals surface area (Å²) in [6, 6.07) is 5.84. The van der Waals surface area contributed by atoms with E-state index in [1.54, 1.807) is 0 Å². The molecule has 1 aromatic heterocycles. The Bertz CT molecular complexity index is 951. The molecule has 1 aliphatic heterocycles. The summed E-state index contributed by atoms with van der Waals surface area (Å²) >= 11 is 0. The van der Waals surface area contributed by atoms with E-state index in [0.717, 1.165) is 53.4 Å². The first-order chi connectivity index (χ1) is 13.0. The van der Waals surface area contributed by atoms with Crippen molar-refractivity contribution in [1.29, 1.82) is 0 Å². The van der Waals surface area contributed by atoms with Crippen molar-refractivity contribution < 1.29 is 19.1 Å². The number of hydrogen-bond acceptors (Lipinski definition) is 5. The summed E-state index contributed by atoms with van der Waals surface area (Å²) < 4.78 is 5.35. The van der Waals surface area contributed by atoms with Gasteiger partial charge in [-0.05, 0) is 56.7 Å². The van der Waals surface area contributed by atoms with Gasteiger partial charge in [-0.2, -0.15) is 0 Å². The van der Waals surface area contributed by atoms with Gasteiger partial charge in [0.25, 0.3) is 5.91 Å². The van der Waals surface area contributed by atoms with Crippen LogP contribution in [0.2, 0.25) is 0 Å². The molecule has 140 valence electrons. The van der Waals surface area contributed by atoms with E-state index < -0.39 is 18.5 Å². The monoisotopic (exact) mass is 366 g/mol. The minimum absolute atomic E-state index is 0.196. The van der Waals surface area contributed by atoms with Gasteiger partial charge >= 0.3 is 5.97 Å². The standard InChI is InChI=1S/C21H22N2O4/c1-13-8-9-17-15(11-13)20(14-5-2-3-6-16(14)22-17)21(26)27-12-19(25)23-10-4-7-18(23)24/h8-9,11H,2-7,10,12H2,1H3. The van der Waals surface area contributed by atoms with E-state index in [0.29, 0.717) is 24.9 Å². The molecule has 0 spiro atoms. The Balaban J connectivity index is 1.65. The van der Waals surface area contributed by atoms with Crippen LogP contribution in [0.1, 0.15) is 52.9 Å². The summed E-state index contributed by atoms with van der Waals surface area (Å²) in [6.07, 6.45) is 4.74. The van der Waals surface area contributed by atoms with Crippen molar-refractivity contribution in [3.05, 3.63) is 40.6 Å². The SMILES string of the molecule is Cc1ccc2nc3c(c(C(=O)OCC(=O)N4CCCC4=O)c2c1)CCCC3. The number of hydrogen-bond donors (Lipinski definition) is 0. The van der Waals surface area contributed by atoms with Gasteiger partial charge in [0, 0.05) is 24.0 Å². The number of nitrogens with zero attached hydrogens (tertiary/aromatic N) is 2. The smallest absolute Gasteiger partial charge is 0.339 e. The minimum Gasteiger partial charge on any atom is -0.452 e. The first kappa shape index (κ1) is 17.6. The number of aromatic nitrogens is 1. The third-order valence-electron chi connectivity index (χ3n) is 5.32. The number of fused-ring (bicyclic) bond motifs is 2. The molecule has 0 atom stereocenters. The van der Waals surface area contributed by atoms with Gasteiger partial charge < -0.3 is 4.74 Å². The highest BCUT2D eigenvalue weighted by molar-refractivity contribution is 6.06. The Morgan fingerprint density at radius 2 is 1.96 bits per heavy atom. The molecule has 0 N–H and O–H groups in total. The molecule has 0 radical (unpaired) electrons. The Kier molecular flexibility index (Phi) is 4.64. The average Bonchev–Trinajstić information content (AvgIpc) is 3.10. The van der Waals surface area contributed by atoms with Gasteiger partial charge in [0.05, 0.1) is 11.1 Å². The van der Waals surface area contributed by atoms with Gasteiger partial charge in [-0.25, -0.2) is 4.79 Å². The summed E-state index contributed by atoms with van der Waals surface area (Å²) in [4.78, 5) is 42.8. The van der Waals surface area contributed by atoms with Crippen molar-refractivity contribution in [3.8, 4) is 0 Å². The van der Waals surface area contributed by atoms with Gasteiger partial charge in [-0.3, -0.25) is 19.5 Å². The maximum Gasteiger partial charge on any atom is 0.339 e. The quantitative estimate of drug-likeness (QED) is 0.781. The van der Waals surface area contributed by atoms with Gasteiger partial charge in [0.1, 0.15) is 0 Å². The molecule has 0 saturated carbocycles. The second-order valence-electron chi connectivity index (χ2n) is 7.26. The van der Waals surface area contributed by atoms with E-state index in [1.165, 1.54) is 4.90 Å².